The molecule has 3 N–H and O–H groups in total. The van der Waals surface area contributed by atoms with Gasteiger partial charge in [0.15, 0.2) is 0 Å². The molecule has 0 aliphatic rings. The molecule has 4 aromatic rings. The number of benzene rings is 2. The van der Waals surface area contributed by atoms with E-state index in [0.717, 1.165) is 0 Å². The molecule has 0 aliphatic heterocycles. The summed E-state index contributed by atoms with van der Waals surface area (Å²) in [6, 6.07) is 16.4. The Morgan fingerprint density at radius 3 is 2.29 bits per heavy atom. The Kier molecular flexibility index (Phi) is 9.53. The van der Waals surface area contributed by atoms with Crippen LogP contribution in [0.4, 0.5) is 0 Å². The van der Waals surface area contributed by atoms with Crippen LogP contribution in [0.2, 0.25) is 10.0 Å². The molecule has 0 saturated heterocycles. The third-order valence-electron chi connectivity index (χ3n) is 5.53. The number of ether oxygens (including phenoxy) is 2. The van der Waals surface area contributed by atoms with Crippen molar-refractivity contribution in [2.24, 2.45) is 0 Å². The van der Waals surface area contributed by atoms with Crippen LogP contribution >= 0.6 is 39.1 Å². The minimum Gasteiger partial charge on any atom is -0.472 e. The number of nitriles is 1. The number of aliphatic hydroxyl groups excluding tert-OH is 1. The van der Waals surface area contributed by atoms with Gasteiger partial charge < -0.3 is 19.8 Å². The average molecular weight is 616 g/mol. The normalized spacial score (nSPS) is 10.7. The fourth-order valence-electron chi connectivity index (χ4n) is 3.67. The Hall–Kier alpha value is -3.23. The molecule has 2 aromatic heterocycles. The van der Waals surface area contributed by atoms with Gasteiger partial charge in [0.1, 0.15) is 19.3 Å². The molecule has 0 atom stereocenters. The van der Waals surface area contributed by atoms with Crippen LogP contribution in [-0.2, 0) is 26.4 Å². The lowest BCUT2D eigenvalue weighted by molar-refractivity contribution is 0.158. The first kappa shape index (κ1) is 27.8. The van der Waals surface area contributed by atoms with E-state index in [0.29, 0.717) is 53.5 Å². The van der Waals surface area contributed by atoms with Gasteiger partial charge in [-0.25, -0.2) is 5.48 Å². The highest BCUT2D eigenvalue weighted by Crippen LogP contribution is 2.37. The highest BCUT2D eigenvalue weighted by atomic mass is 79.9. The molecule has 11 heteroatoms. The van der Waals surface area contributed by atoms with Crippen molar-refractivity contribution in [3.05, 3.63) is 103 Å². The predicted molar refractivity (Wildman–Crippen MR) is 146 cm³/mol. The Morgan fingerprint density at radius 1 is 0.921 bits per heavy atom. The summed E-state index contributed by atoms with van der Waals surface area (Å²) in [6.07, 6.45) is 3.06. The maximum atomic E-state index is 9.56. The molecule has 2 heterocycles. The van der Waals surface area contributed by atoms with Gasteiger partial charge in [0.2, 0.25) is 11.8 Å². The smallest absolute Gasteiger partial charge is 0.231 e. The molecular formula is C27H21BrCl2N4O4. The van der Waals surface area contributed by atoms with Crippen LogP contribution in [0, 0.1) is 11.3 Å². The second kappa shape index (κ2) is 13.0. The maximum Gasteiger partial charge on any atom is 0.231 e. The molecule has 38 heavy (non-hydrogen) atoms. The number of pyridine rings is 2. The van der Waals surface area contributed by atoms with Crippen LogP contribution in [-0.4, -0.2) is 20.3 Å². The molecule has 0 aliphatic carbocycles. The van der Waals surface area contributed by atoms with Crippen LogP contribution in [0.15, 0.2) is 65.4 Å². The van der Waals surface area contributed by atoms with E-state index >= 15 is 0 Å². The van der Waals surface area contributed by atoms with Gasteiger partial charge in [0.25, 0.3) is 0 Å². The Bertz CT molecular complexity index is 1500. The molecule has 0 unspecified atom stereocenters. The van der Waals surface area contributed by atoms with Gasteiger partial charge in [-0.3, -0.25) is 4.98 Å². The van der Waals surface area contributed by atoms with E-state index in [1.807, 2.05) is 36.4 Å². The number of aliphatic hydroxyl groups is 1. The lowest BCUT2D eigenvalue weighted by Crippen LogP contribution is -2.11. The van der Waals surface area contributed by atoms with E-state index in [-0.39, 0.29) is 38.1 Å². The van der Waals surface area contributed by atoms with E-state index in [2.05, 4.69) is 31.4 Å². The number of rotatable bonds is 10. The zero-order valence-corrected chi connectivity index (χ0v) is 22.9. The van der Waals surface area contributed by atoms with Crippen molar-refractivity contribution >= 4 is 39.1 Å². The van der Waals surface area contributed by atoms with Gasteiger partial charge in [-0.15, -0.1) is 0 Å². The molecule has 4 rings (SSSR count). The molecule has 8 nitrogen and oxygen atoms in total. The standard InChI is InChI=1S/C27H21BrCl2N4O4/c28-23-8-20(12-33-36)26(37-14-17-7-16(9-31)10-32-11-17)34-27(23)38-15-19-4-2-6-22(25(19)30)21-5-1-3-18(13-35)24(21)29/h1-8,10-11,33,35-36H,12-15H2. The van der Waals surface area contributed by atoms with E-state index in [9.17, 15) is 10.3 Å². The van der Waals surface area contributed by atoms with Crippen LogP contribution in [0.25, 0.3) is 11.1 Å². The molecular weight excluding hydrogens is 595 g/mol. The summed E-state index contributed by atoms with van der Waals surface area (Å²) in [5.41, 5.74) is 6.51. The lowest BCUT2D eigenvalue weighted by atomic mass is 10.0. The van der Waals surface area contributed by atoms with Crippen LogP contribution < -0.4 is 15.0 Å². The minimum atomic E-state index is -0.181. The van der Waals surface area contributed by atoms with Gasteiger partial charge in [-0.05, 0) is 33.6 Å². The highest BCUT2D eigenvalue weighted by Gasteiger charge is 2.16. The molecule has 194 valence electrons. The summed E-state index contributed by atoms with van der Waals surface area (Å²) in [6.45, 7) is 0.107. The average Bonchev–Trinajstić information content (AvgIpc) is 2.93. The van der Waals surface area contributed by atoms with Crippen LogP contribution in [0.3, 0.4) is 0 Å². The second-order valence-corrected chi connectivity index (χ2v) is 9.67. The van der Waals surface area contributed by atoms with Crippen molar-refractivity contribution in [1.82, 2.24) is 15.4 Å². The van der Waals surface area contributed by atoms with Crippen molar-refractivity contribution in [2.45, 2.75) is 26.4 Å². The number of hydrogen-bond donors (Lipinski definition) is 3. The highest BCUT2D eigenvalue weighted by molar-refractivity contribution is 9.10. The number of nitrogens with one attached hydrogen (secondary N) is 1. The first-order valence-corrected chi connectivity index (χ1v) is 12.8. The van der Waals surface area contributed by atoms with Gasteiger partial charge in [-0.1, -0.05) is 59.6 Å². The Morgan fingerprint density at radius 2 is 1.61 bits per heavy atom. The van der Waals surface area contributed by atoms with Crippen molar-refractivity contribution in [3.63, 3.8) is 0 Å². The Labute approximate surface area is 237 Å². The summed E-state index contributed by atoms with van der Waals surface area (Å²) >= 11 is 16.7. The van der Waals surface area contributed by atoms with Crippen molar-refractivity contribution in [3.8, 4) is 29.0 Å². The molecule has 0 radical (unpaired) electrons. The SMILES string of the molecule is N#Cc1cncc(COc2nc(OCc3cccc(-c4cccc(CO)c4Cl)c3Cl)c(Br)cc2CNO)c1. The van der Waals surface area contributed by atoms with E-state index in [1.165, 1.54) is 6.20 Å². The molecule has 0 amide bonds. The third kappa shape index (κ3) is 6.42. The molecule has 0 saturated carbocycles. The van der Waals surface area contributed by atoms with Gasteiger partial charge in [0, 0.05) is 40.2 Å². The maximum absolute atomic E-state index is 9.56. The van der Waals surface area contributed by atoms with Crippen LogP contribution in [0.5, 0.6) is 11.8 Å². The molecule has 0 bridgehead atoms. The molecule has 2 aromatic carbocycles. The number of aromatic nitrogens is 2. The third-order valence-corrected chi connectivity index (χ3v) is 7.00. The minimum absolute atomic E-state index is 0.0826. The topological polar surface area (TPSA) is 121 Å². The first-order chi connectivity index (χ1) is 18.4. The number of hydrogen-bond acceptors (Lipinski definition) is 8. The van der Waals surface area contributed by atoms with Gasteiger partial charge in [0.05, 0.1) is 33.2 Å². The zero-order valence-electron chi connectivity index (χ0n) is 19.8. The zero-order chi connectivity index (χ0) is 27.1. The fourth-order valence-corrected chi connectivity index (χ4v) is 4.72. The summed E-state index contributed by atoms with van der Waals surface area (Å²) in [7, 11) is 0. The summed E-state index contributed by atoms with van der Waals surface area (Å²) < 4.78 is 12.4. The Balaban J connectivity index is 1.57. The second-order valence-electron chi connectivity index (χ2n) is 8.06. The number of hydroxylamine groups is 1. The van der Waals surface area contributed by atoms with E-state index in [4.69, 9.17) is 37.9 Å². The predicted octanol–water partition coefficient (Wildman–Crippen LogP) is 6.21. The van der Waals surface area contributed by atoms with E-state index < -0.39 is 0 Å². The molecule has 0 fully saturated rings. The molecule has 0 spiro atoms. The number of nitrogens with zero attached hydrogens (tertiary/aromatic N) is 3. The quantitative estimate of drug-likeness (QED) is 0.180. The fraction of sp³-hybridized carbons (Fsp3) is 0.148. The van der Waals surface area contributed by atoms with Gasteiger partial charge in [-0.2, -0.15) is 10.2 Å². The summed E-state index contributed by atoms with van der Waals surface area (Å²) in [5.74, 6) is 0.493. The summed E-state index contributed by atoms with van der Waals surface area (Å²) in [5, 5.41) is 28.8. The van der Waals surface area contributed by atoms with Crippen LogP contribution in [0.1, 0.15) is 27.8 Å². The van der Waals surface area contributed by atoms with Crippen molar-refractivity contribution in [1.29, 1.82) is 5.26 Å². The van der Waals surface area contributed by atoms with E-state index in [1.54, 1.807) is 24.4 Å². The summed E-state index contributed by atoms with van der Waals surface area (Å²) in [4.78, 5) is 8.52. The van der Waals surface area contributed by atoms with Gasteiger partial charge >= 0.3 is 0 Å². The number of halogens is 3. The first-order valence-electron chi connectivity index (χ1n) is 11.3. The monoisotopic (exact) mass is 614 g/mol. The largest absolute Gasteiger partial charge is 0.472 e. The lowest BCUT2D eigenvalue weighted by Gasteiger charge is -2.16. The van der Waals surface area contributed by atoms with Crippen molar-refractivity contribution in [2.75, 3.05) is 0 Å². The van der Waals surface area contributed by atoms with Crippen molar-refractivity contribution < 1.29 is 19.8 Å².